The number of nitrogens with one attached hydrogen (secondary N) is 1. The highest BCUT2D eigenvalue weighted by atomic mass is 19.1. The first-order valence-electron chi connectivity index (χ1n) is 7.22. The fourth-order valence-electron chi connectivity index (χ4n) is 3.77. The van der Waals surface area contributed by atoms with Gasteiger partial charge in [0.1, 0.15) is 5.82 Å². The molecule has 0 aromatic heterocycles. The van der Waals surface area contributed by atoms with Crippen molar-refractivity contribution in [1.82, 2.24) is 5.32 Å². The highest BCUT2D eigenvalue weighted by molar-refractivity contribution is 5.76. The van der Waals surface area contributed by atoms with E-state index >= 15 is 0 Å². The fraction of sp³-hybridized carbons (Fsp3) is 0.562. The van der Waals surface area contributed by atoms with E-state index in [4.69, 9.17) is 0 Å². The van der Waals surface area contributed by atoms with Crippen LogP contribution in [-0.2, 0) is 11.3 Å². The van der Waals surface area contributed by atoms with Crippen LogP contribution in [0.3, 0.4) is 0 Å². The van der Waals surface area contributed by atoms with Gasteiger partial charge in [0.15, 0.2) is 0 Å². The van der Waals surface area contributed by atoms with Crippen LogP contribution in [0.4, 0.5) is 4.39 Å². The van der Waals surface area contributed by atoms with Gasteiger partial charge in [0, 0.05) is 18.5 Å². The molecule has 1 amide bonds. The molecule has 2 fully saturated rings. The number of carbonyl (C=O) groups excluding carboxylic acids is 1. The Bertz CT molecular complexity index is 474. The number of benzene rings is 1. The van der Waals surface area contributed by atoms with Gasteiger partial charge < -0.3 is 5.32 Å². The van der Waals surface area contributed by atoms with Crippen molar-refractivity contribution in [3.8, 4) is 0 Å². The van der Waals surface area contributed by atoms with Crippen LogP contribution in [0.2, 0.25) is 0 Å². The van der Waals surface area contributed by atoms with Crippen molar-refractivity contribution in [2.75, 3.05) is 0 Å². The number of carbonyl (C=O) groups is 1. The lowest BCUT2D eigenvalue weighted by atomic mass is 9.86. The van der Waals surface area contributed by atoms with E-state index in [1.807, 2.05) is 0 Å². The first-order valence-corrected chi connectivity index (χ1v) is 7.22. The van der Waals surface area contributed by atoms with Gasteiger partial charge in [-0.05, 0) is 43.1 Å². The van der Waals surface area contributed by atoms with Crippen LogP contribution in [0.1, 0.15) is 37.7 Å². The maximum atomic E-state index is 13.4. The minimum absolute atomic E-state index is 0.0702. The summed E-state index contributed by atoms with van der Waals surface area (Å²) in [5, 5.41) is 2.85. The average Bonchev–Trinajstić information content (AvgIpc) is 3.00. The molecule has 1 aromatic carbocycles. The molecule has 0 heterocycles. The minimum atomic E-state index is -0.247. The summed E-state index contributed by atoms with van der Waals surface area (Å²) in [6.45, 7) is 0.298. The standard InChI is InChI=1S/C16H20FNO/c17-15-4-2-1-3-13(15)10-18-16(19)9-14-8-11-5-6-12(14)7-11/h1-4,11-12,14H,5-10H2,(H,18,19)/t11-,12+,14+/m0/s1. The fourth-order valence-corrected chi connectivity index (χ4v) is 3.77. The SMILES string of the molecule is O=C(C[C@H]1C[C@H]2CC[C@@H]1C2)NCc1ccccc1F. The highest BCUT2D eigenvalue weighted by Crippen LogP contribution is 2.49. The highest BCUT2D eigenvalue weighted by Gasteiger charge is 2.39. The maximum Gasteiger partial charge on any atom is 0.220 e. The Morgan fingerprint density at radius 1 is 1.26 bits per heavy atom. The van der Waals surface area contributed by atoms with Crippen LogP contribution < -0.4 is 5.32 Å². The van der Waals surface area contributed by atoms with Gasteiger partial charge in [-0.25, -0.2) is 4.39 Å². The molecule has 102 valence electrons. The Hall–Kier alpha value is -1.38. The van der Waals surface area contributed by atoms with Crippen molar-refractivity contribution in [3.63, 3.8) is 0 Å². The molecule has 0 aliphatic heterocycles. The lowest BCUT2D eigenvalue weighted by Crippen LogP contribution is -2.27. The van der Waals surface area contributed by atoms with Crippen LogP contribution >= 0.6 is 0 Å². The third-order valence-corrected chi connectivity index (χ3v) is 4.77. The van der Waals surface area contributed by atoms with Crippen molar-refractivity contribution in [2.24, 2.45) is 17.8 Å². The molecular formula is C16H20FNO. The second-order valence-electron chi connectivity index (χ2n) is 6.01. The van der Waals surface area contributed by atoms with Crippen LogP contribution in [0.15, 0.2) is 24.3 Å². The zero-order valence-electron chi connectivity index (χ0n) is 11.1. The number of fused-ring (bicyclic) bond motifs is 2. The van der Waals surface area contributed by atoms with Gasteiger partial charge in [0.25, 0.3) is 0 Å². The molecule has 0 radical (unpaired) electrons. The molecule has 0 spiro atoms. The summed E-state index contributed by atoms with van der Waals surface area (Å²) >= 11 is 0. The molecule has 19 heavy (non-hydrogen) atoms. The Balaban J connectivity index is 1.48. The van der Waals surface area contributed by atoms with E-state index < -0.39 is 0 Å². The van der Waals surface area contributed by atoms with Gasteiger partial charge in [-0.1, -0.05) is 24.6 Å². The largest absolute Gasteiger partial charge is 0.352 e. The lowest BCUT2D eigenvalue weighted by Gasteiger charge is -2.20. The van der Waals surface area contributed by atoms with E-state index in [-0.39, 0.29) is 11.7 Å². The Morgan fingerprint density at radius 2 is 2.11 bits per heavy atom. The average molecular weight is 261 g/mol. The van der Waals surface area contributed by atoms with Gasteiger partial charge in [-0.3, -0.25) is 4.79 Å². The van der Waals surface area contributed by atoms with E-state index in [9.17, 15) is 9.18 Å². The third kappa shape index (κ3) is 2.80. The predicted octanol–water partition coefficient (Wildman–Crippen LogP) is 3.27. The van der Waals surface area contributed by atoms with Crippen molar-refractivity contribution in [1.29, 1.82) is 0 Å². The summed E-state index contributed by atoms with van der Waals surface area (Å²) in [7, 11) is 0. The molecule has 2 nitrogen and oxygen atoms in total. The van der Waals surface area contributed by atoms with E-state index in [0.29, 0.717) is 24.4 Å². The van der Waals surface area contributed by atoms with E-state index in [0.717, 1.165) is 11.8 Å². The van der Waals surface area contributed by atoms with Crippen LogP contribution in [0.5, 0.6) is 0 Å². The number of rotatable bonds is 4. The summed E-state index contributed by atoms with van der Waals surface area (Å²) in [5.41, 5.74) is 0.559. The minimum Gasteiger partial charge on any atom is -0.352 e. The van der Waals surface area contributed by atoms with Gasteiger partial charge in [0.2, 0.25) is 5.91 Å². The third-order valence-electron chi connectivity index (χ3n) is 4.77. The zero-order valence-corrected chi connectivity index (χ0v) is 11.1. The molecule has 0 unspecified atom stereocenters. The van der Waals surface area contributed by atoms with E-state index in [1.165, 1.54) is 31.7 Å². The van der Waals surface area contributed by atoms with Gasteiger partial charge >= 0.3 is 0 Å². The second kappa shape index (κ2) is 5.32. The van der Waals surface area contributed by atoms with Crippen molar-refractivity contribution >= 4 is 5.91 Å². The Kier molecular flexibility index (Phi) is 3.54. The number of hydrogen-bond acceptors (Lipinski definition) is 1. The van der Waals surface area contributed by atoms with E-state index in [2.05, 4.69) is 5.32 Å². The molecule has 3 rings (SSSR count). The Morgan fingerprint density at radius 3 is 2.79 bits per heavy atom. The molecule has 3 atom stereocenters. The maximum absolute atomic E-state index is 13.4. The quantitative estimate of drug-likeness (QED) is 0.885. The number of amides is 1. The van der Waals surface area contributed by atoms with Gasteiger partial charge in [-0.2, -0.15) is 0 Å². The first-order chi connectivity index (χ1) is 9.22. The van der Waals surface area contributed by atoms with Crippen molar-refractivity contribution in [3.05, 3.63) is 35.6 Å². The number of halogens is 1. The summed E-state index contributed by atoms with van der Waals surface area (Å²) in [4.78, 5) is 11.9. The first kappa shape index (κ1) is 12.6. The van der Waals surface area contributed by atoms with Crippen LogP contribution in [0, 0.1) is 23.6 Å². The molecule has 3 heteroatoms. The molecule has 1 N–H and O–H groups in total. The molecular weight excluding hydrogens is 241 g/mol. The number of hydrogen-bond donors (Lipinski definition) is 1. The molecule has 2 bridgehead atoms. The molecule has 2 saturated carbocycles. The van der Waals surface area contributed by atoms with Gasteiger partial charge in [-0.15, -0.1) is 0 Å². The summed E-state index contributed by atoms with van der Waals surface area (Å²) in [6, 6.07) is 6.60. The molecule has 0 saturated heterocycles. The van der Waals surface area contributed by atoms with E-state index in [1.54, 1.807) is 18.2 Å². The lowest BCUT2D eigenvalue weighted by molar-refractivity contribution is -0.122. The molecule has 1 aromatic rings. The normalized spacial score (nSPS) is 28.6. The van der Waals surface area contributed by atoms with Crippen LogP contribution in [-0.4, -0.2) is 5.91 Å². The summed E-state index contributed by atoms with van der Waals surface area (Å²) in [6.07, 6.45) is 5.83. The summed E-state index contributed by atoms with van der Waals surface area (Å²) in [5.74, 6) is 2.03. The van der Waals surface area contributed by atoms with Gasteiger partial charge in [0.05, 0.1) is 0 Å². The molecule has 2 aliphatic carbocycles. The Labute approximate surface area is 113 Å². The van der Waals surface area contributed by atoms with Crippen LogP contribution in [0.25, 0.3) is 0 Å². The van der Waals surface area contributed by atoms with Crippen molar-refractivity contribution in [2.45, 2.75) is 38.6 Å². The zero-order chi connectivity index (χ0) is 13.2. The topological polar surface area (TPSA) is 29.1 Å². The predicted molar refractivity (Wildman–Crippen MR) is 71.8 cm³/mol. The smallest absolute Gasteiger partial charge is 0.220 e. The monoisotopic (exact) mass is 261 g/mol. The van der Waals surface area contributed by atoms with Crippen molar-refractivity contribution < 1.29 is 9.18 Å². The second-order valence-corrected chi connectivity index (χ2v) is 6.01. The summed E-state index contributed by atoms with van der Waals surface area (Å²) < 4.78 is 13.4. The molecule has 2 aliphatic rings.